The Balaban J connectivity index is 0.000000241. The van der Waals surface area contributed by atoms with Gasteiger partial charge in [-0.3, -0.25) is 0 Å². The molecule has 1 unspecified atom stereocenters. The zero-order valence-corrected chi connectivity index (χ0v) is 10.9. The monoisotopic (exact) mass is 282 g/mol. The number of carbonyl (C=O) groups is 1. The van der Waals surface area contributed by atoms with Crippen LogP contribution in [-0.4, -0.2) is 27.9 Å². The molecule has 0 aromatic heterocycles. The van der Waals surface area contributed by atoms with Gasteiger partial charge in [0.25, 0.3) is 0 Å². The first-order chi connectivity index (χ1) is 6.81. The highest BCUT2D eigenvalue weighted by molar-refractivity contribution is 9.09. The molecule has 1 fully saturated rings. The molecule has 1 aliphatic rings. The Bertz CT molecular complexity index is 127. The summed E-state index contributed by atoms with van der Waals surface area (Å²) in [6.45, 7) is 0. The summed E-state index contributed by atoms with van der Waals surface area (Å²) in [4.78, 5) is 9.66. The molecule has 1 N–H and O–H groups in total. The van der Waals surface area contributed by atoms with Crippen molar-refractivity contribution in [2.75, 3.05) is 11.1 Å². The smallest absolute Gasteiger partial charge is 0.119 e. The molecule has 4 heteroatoms. The second kappa shape index (κ2) is 11.5. The molecule has 0 saturated carbocycles. The first-order valence-electron chi connectivity index (χ1n) is 5.10. The Morgan fingerprint density at radius 3 is 2.57 bits per heavy atom. The Hall–Kier alpha value is 0.460. The molecule has 0 aliphatic carbocycles. The number of rotatable bonds is 4. The summed E-state index contributed by atoms with van der Waals surface area (Å²) in [6.07, 6.45) is 7.32. The molecule has 14 heavy (non-hydrogen) atoms. The van der Waals surface area contributed by atoms with Crippen LogP contribution in [0.3, 0.4) is 0 Å². The molecule has 0 radical (unpaired) electrons. The number of unbranched alkanes of at least 4 members (excludes halogenated alkanes) is 2. The van der Waals surface area contributed by atoms with E-state index >= 15 is 0 Å². The number of thioether (sulfide) groups is 1. The average Bonchev–Trinajstić information content (AvgIpc) is 2.21. The van der Waals surface area contributed by atoms with Gasteiger partial charge in [0, 0.05) is 11.8 Å². The van der Waals surface area contributed by atoms with E-state index in [4.69, 9.17) is 5.11 Å². The molecule has 0 spiro atoms. The van der Waals surface area contributed by atoms with Gasteiger partial charge in [-0.05, 0) is 37.9 Å². The number of alkyl halides is 1. The molecule has 1 heterocycles. The highest BCUT2D eigenvalue weighted by Gasteiger charge is 2.08. The molecule has 0 amide bonds. The minimum atomic E-state index is -0.0475. The van der Waals surface area contributed by atoms with Gasteiger partial charge in [-0.25, -0.2) is 0 Å². The number of aliphatic hydroxyl groups is 1. The molecule has 84 valence electrons. The van der Waals surface area contributed by atoms with Gasteiger partial charge in [-0.1, -0.05) is 15.9 Å². The van der Waals surface area contributed by atoms with Gasteiger partial charge in [0.15, 0.2) is 0 Å². The summed E-state index contributed by atoms with van der Waals surface area (Å²) >= 11 is 4.94. The van der Waals surface area contributed by atoms with Crippen molar-refractivity contribution in [2.45, 2.75) is 44.0 Å². The standard InChI is InChI=1S/C5H9BrO.C5H10OS/c6-4-2-1-3-5-7;6-5-3-1-2-4-7-5/h5H,1-4H2;5-6H,1-4H2. The van der Waals surface area contributed by atoms with Crippen molar-refractivity contribution >= 4 is 34.0 Å². The fourth-order valence-corrected chi connectivity index (χ4v) is 2.42. The van der Waals surface area contributed by atoms with Crippen molar-refractivity contribution in [2.24, 2.45) is 0 Å². The van der Waals surface area contributed by atoms with Crippen LogP contribution < -0.4 is 0 Å². The van der Waals surface area contributed by atoms with Crippen molar-refractivity contribution in [3.8, 4) is 0 Å². The van der Waals surface area contributed by atoms with Crippen LogP contribution in [0.4, 0.5) is 0 Å². The van der Waals surface area contributed by atoms with Crippen LogP contribution in [0.5, 0.6) is 0 Å². The van der Waals surface area contributed by atoms with Gasteiger partial charge in [-0.2, -0.15) is 0 Å². The predicted molar refractivity (Wildman–Crippen MR) is 66.0 cm³/mol. The van der Waals surface area contributed by atoms with Gasteiger partial charge in [0.1, 0.15) is 6.29 Å². The topological polar surface area (TPSA) is 37.3 Å². The average molecular weight is 283 g/mol. The minimum absolute atomic E-state index is 0.0475. The third-order valence-electron chi connectivity index (χ3n) is 1.86. The molecule has 1 aliphatic heterocycles. The number of hydrogen-bond donors (Lipinski definition) is 1. The number of hydrogen-bond acceptors (Lipinski definition) is 3. The lowest BCUT2D eigenvalue weighted by molar-refractivity contribution is -0.107. The minimum Gasteiger partial charge on any atom is -0.382 e. The van der Waals surface area contributed by atoms with E-state index in [1.807, 2.05) is 0 Å². The van der Waals surface area contributed by atoms with Crippen molar-refractivity contribution in [3.05, 3.63) is 0 Å². The van der Waals surface area contributed by atoms with E-state index in [2.05, 4.69) is 15.9 Å². The fourth-order valence-electron chi connectivity index (χ4n) is 1.05. The summed E-state index contributed by atoms with van der Waals surface area (Å²) in [5.41, 5.74) is -0.0475. The molecule has 2 nitrogen and oxygen atoms in total. The lowest BCUT2D eigenvalue weighted by Crippen LogP contribution is -2.06. The SMILES string of the molecule is O=CCCCCBr.OC1CCCCS1. The van der Waals surface area contributed by atoms with Crippen LogP contribution in [0.1, 0.15) is 38.5 Å². The Morgan fingerprint density at radius 1 is 1.43 bits per heavy atom. The maximum absolute atomic E-state index is 9.66. The van der Waals surface area contributed by atoms with Crippen LogP contribution in [0.25, 0.3) is 0 Å². The van der Waals surface area contributed by atoms with E-state index in [9.17, 15) is 4.79 Å². The van der Waals surface area contributed by atoms with Crippen molar-refractivity contribution in [1.29, 1.82) is 0 Å². The number of aliphatic hydroxyl groups excluding tert-OH is 1. The van der Waals surface area contributed by atoms with Gasteiger partial charge in [0.2, 0.25) is 0 Å². The van der Waals surface area contributed by atoms with E-state index in [1.165, 1.54) is 12.8 Å². The van der Waals surface area contributed by atoms with Gasteiger partial charge >= 0.3 is 0 Å². The van der Waals surface area contributed by atoms with Crippen LogP contribution in [-0.2, 0) is 4.79 Å². The number of aldehydes is 1. The fraction of sp³-hybridized carbons (Fsp3) is 0.900. The van der Waals surface area contributed by atoms with Crippen LogP contribution in [0, 0.1) is 0 Å². The van der Waals surface area contributed by atoms with Gasteiger partial charge < -0.3 is 9.90 Å². The number of halogens is 1. The van der Waals surface area contributed by atoms with Crippen molar-refractivity contribution < 1.29 is 9.90 Å². The van der Waals surface area contributed by atoms with Crippen molar-refractivity contribution in [3.63, 3.8) is 0 Å². The summed E-state index contributed by atoms with van der Waals surface area (Å²) in [5, 5.41) is 9.89. The van der Waals surface area contributed by atoms with Crippen LogP contribution in [0.15, 0.2) is 0 Å². The Labute approximate surface area is 99.0 Å². The molecule has 0 aromatic rings. The largest absolute Gasteiger partial charge is 0.382 e. The zero-order chi connectivity index (χ0) is 10.6. The second-order valence-corrected chi connectivity index (χ2v) is 5.25. The van der Waals surface area contributed by atoms with E-state index in [-0.39, 0.29) is 5.44 Å². The summed E-state index contributed by atoms with van der Waals surface area (Å²) < 4.78 is 0. The Morgan fingerprint density at radius 2 is 2.21 bits per heavy atom. The normalized spacial score (nSPS) is 20.9. The third-order valence-corrected chi connectivity index (χ3v) is 3.57. The molecule has 1 atom stereocenters. The molecule has 1 rings (SSSR count). The quantitative estimate of drug-likeness (QED) is 0.489. The first-order valence-corrected chi connectivity index (χ1v) is 7.27. The molecular weight excluding hydrogens is 264 g/mol. The zero-order valence-electron chi connectivity index (χ0n) is 8.45. The number of carbonyl (C=O) groups excluding carboxylic acids is 1. The maximum Gasteiger partial charge on any atom is 0.119 e. The van der Waals surface area contributed by atoms with E-state index in [1.54, 1.807) is 11.8 Å². The third kappa shape index (κ3) is 10.5. The summed E-state index contributed by atoms with van der Waals surface area (Å²) in [5.74, 6) is 1.15. The van der Waals surface area contributed by atoms with Crippen LogP contribution >= 0.6 is 27.7 Å². The Kier molecular flexibility index (Phi) is 11.9. The molecule has 1 saturated heterocycles. The second-order valence-electron chi connectivity index (χ2n) is 3.17. The molecule has 0 aromatic carbocycles. The first kappa shape index (κ1) is 14.5. The lowest BCUT2D eigenvalue weighted by Gasteiger charge is -2.14. The molecular formula is C10H19BrO2S. The summed E-state index contributed by atoms with van der Waals surface area (Å²) in [7, 11) is 0. The highest BCUT2D eigenvalue weighted by Crippen LogP contribution is 2.21. The predicted octanol–water partition coefficient (Wildman–Crippen LogP) is 2.97. The van der Waals surface area contributed by atoms with E-state index < -0.39 is 0 Å². The molecule has 0 bridgehead atoms. The summed E-state index contributed by atoms with van der Waals surface area (Å²) in [6, 6.07) is 0. The maximum atomic E-state index is 9.66. The van der Waals surface area contributed by atoms with Gasteiger partial charge in [-0.15, -0.1) is 11.8 Å². The van der Waals surface area contributed by atoms with E-state index in [0.29, 0.717) is 6.42 Å². The van der Waals surface area contributed by atoms with Gasteiger partial charge in [0.05, 0.1) is 5.44 Å². The van der Waals surface area contributed by atoms with E-state index in [0.717, 1.165) is 36.6 Å². The highest BCUT2D eigenvalue weighted by atomic mass is 79.9. The lowest BCUT2D eigenvalue weighted by atomic mass is 10.2. The van der Waals surface area contributed by atoms with Crippen molar-refractivity contribution in [1.82, 2.24) is 0 Å². The van der Waals surface area contributed by atoms with Crippen LogP contribution in [0.2, 0.25) is 0 Å².